The summed E-state index contributed by atoms with van der Waals surface area (Å²) in [6.07, 6.45) is 0.809. The highest BCUT2D eigenvalue weighted by Gasteiger charge is 2.13. The van der Waals surface area contributed by atoms with E-state index in [1.54, 1.807) is 6.07 Å². The van der Waals surface area contributed by atoms with E-state index < -0.39 is 5.97 Å². The van der Waals surface area contributed by atoms with Gasteiger partial charge in [0, 0.05) is 24.6 Å². The van der Waals surface area contributed by atoms with Gasteiger partial charge in [-0.3, -0.25) is 9.69 Å². The molecule has 0 saturated heterocycles. The van der Waals surface area contributed by atoms with Gasteiger partial charge in [-0.05, 0) is 39.8 Å². The summed E-state index contributed by atoms with van der Waals surface area (Å²) in [5.74, 6) is -0.461. The van der Waals surface area contributed by atoms with Crippen LogP contribution >= 0.6 is 0 Å². The minimum atomic E-state index is -0.762. The number of carboxylic acids is 1. The molecule has 0 atom stereocenters. The van der Waals surface area contributed by atoms with E-state index in [0.717, 1.165) is 17.7 Å². The molecule has 0 radical (unpaired) electrons. The quantitative estimate of drug-likeness (QED) is 0.796. The van der Waals surface area contributed by atoms with Crippen LogP contribution in [0.1, 0.15) is 37.8 Å². The Balaban J connectivity index is 2.67. The van der Waals surface area contributed by atoms with Gasteiger partial charge in [0.1, 0.15) is 5.75 Å². The predicted molar refractivity (Wildman–Crippen MR) is 75.3 cm³/mol. The van der Waals surface area contributed by atoms with Crippen LogP contribution in [0.25, 0.3) is 0 Å². The number of phenolic OH excluding ortho intramolecular Hbond substituents is 1. The summed E-state index contributed by atoms with van der Waals surface area (Å²) in [6.45, 7) is 7.51. The topological polar surface area (TPSA) is 60.8 Å². The Morgan fingerprint density at radius 1 is 1.37 bits per heavy atom. The second-order valence-electron chi connectivity index (χ2n) is 5.19. The Morgan fingerprint density at radius 3 is 2.63 bits per heavy atom. The smallest absolute Gasteiger partial charge is 0.303 e. The van der Waals surface area contributed by atoms with E-state index in [-0.39, 0.29) is 6.42 Å². The molecule has 0 bridgehead atoms. The molecular formula is C15H23NO3. The predicted octanol–water partition coefficient (Wildman–Crippen LogP) is 2.78. The Morgan fingerprint density at radius 2 is 2.05 bits per heavy atom. The van der Waals surface area contributed by atoms with Gasteiger partial charge in [-0.1, -0.05) is 17.7 Å². The number of aliphatic carboxylic acids is 1. The lowest BCUT2D eigenvalue weighted by Gasteiger charge is -2.26. The first kappa shape index (κ1) is 15.5. The van der Waals surface area contributed by atoms with Gasteiger partial charge in [0.15, 0.2) is 0 Å². The molecule has 0 unspecified atom stereocenters. The molecule has 1 aromatic rings. The molecule has 0 amide bonds. The number of nitrogens with zero attached hydrogens (tertiary/aromatic N) is 1. The van der Waals surface area contributed by atoms with Gasteiger partial charge in [0.25, 0.3) is 0 Å². The van der Waals surface area contributed by atoms with Crippen molar-refractivity contribution in [1.82, 2.24) is 4.90 Å². The summed E-state index contributed by atoms with van der Waals surface area (Å²) < 4.78 is 0. The van der Waals surface area contributed by atoms with Gasteiger partial charge in [0.2, 0.25) is 0 Å². The number of phenols is 1. The number of carbonyl (C=O) groups is 1. The third kappa shape index (κ3) is 5.30. The molecule has 106 valence electrons. The minimum Gasteiger partial charge on any atom is -0.508 e. The second-order valence-corrected chi connectivity index (χ2v) is 5.19. The maximum Gasteiger partial charge on any atom is 0.303 e. The molecule has 0 aliphatic heterocycles. The molecule has 1 aromatic carbocycles. The third-order valence-electron chi connectivity index (χ3n) is 3.17. The van der Waals surface area contributed by atoms with Crippen molar-refractivity contribution in [3.05, 3.63) is 29.3 Å². The van der Waals surface area contributed by atoms with Crippen LogP contribution in [0.2, 0.25) is 0 Å². The van der Waals surface area contributed by atoms with E-state index >= 15 is 0 Å². The van der Waals surface area contributed by atoms with Gasteiger partial charge >= 0.3 is 5.97 Å². The number of hydrogen-bond donors (Lipinski definition) is 2. The SMILES string of the molecule is Cc1ccc(O)c(CN(CCCC(=O)O)C(C)C)c1. The first-order chi connectivity index (χ1) is 8.90. The fraction of sp³-hybridized carbons (Fsp3) is 0.533. The summed E-state index contributed by atoms with van der Waals surface area (Å²) in [5.41, 5.74) is 2.01. The molecule has 19 heavy (non-hydrogen) atoms. The van der Waals surface area contributed by atoms with E-state index in [1.165, 1.54) is 0 Å². The zero-order valence-corrected chi connectivity index (χ0v) is 11.9. The first-order valence-electron chi connectivity index (χ1n) is 6.64. The number of aromatic hydroxyl groups is 1. The molecule has 4 nitrogen and oxygen atoms in total. The monoisotopic (exact) mass is 265 g/mol. The largest absolute Gasteiger partial charge is 0.508 e. The summed E-state index contributed by atoms with van der Waals surface area (Å²) in [7, 11) is 0. The normalized spacial score (nSPS) is 11.2. The van der Waals surface area contributed by atoms with Crippen molar-refractivity contribution < 1.29 is 15.0 Å². The average Bonchev–Trinajstić information content (AvgIpc) is 2.31. The number of rotatable bonds is 7. The van der Waals surface area contributed by atoms with Gasteiger partial charge in [-0.25, -0.2) is 0 Å². The molecule has 0 spiro atoms. The van der Waals surface area contributed by atoms with Crippen LogP contribution in [0.4, 0.5) is 0 Å². The zero-order chi connectivity index (χ0) is 14.4. The van der Waals surface area contributed by atoms with Crippen molar-refractivity contribution >= 4 is 5.97 Å². The fourth-order valence-electron chi connectivity index (χ4n) is 2.01. The molecular weight excluding hydrogens is 242 g/mol. The molecule has 2 N–H and O–H groups in total. The van der Waals surface area contributed by atoms with Gasteiger partial charge in [-0.2, -0.15) is 0 Å². The molecule has 4 heteroatoms. The van der Waals surface area contributed by atoms with Crippen LogP contribution in [0, 0.1) is 6.92 Å². The van der Waals surface area contributed by atoms with Crippen molar-refractivity contribution in [2.75, 3.05) is 6.54 Å². The maximum absolute atomic E-state index is 10.5. The van der Waals surface area contributed by atoms with E-state index in [0.29, 0.717) is 24.8 Å². The molecule has 1 rings (SSSR count). The highest BCUT2D eigenvalue weighted by molar-refractivity contribution is 5.66. The Labute approximate surface area is 114 Å². The molecule has 0 aliphatic carbocycles. The highest BCUT2D eigenvalue weighted by atomic mass is 16.4. The number of carboxylic acid groups (broad SMARTS) is 1. The Kier molecular flexibility index (Phi) is 5.83. The van der Waals surface area contributed by atoms with Crippen molar-refractivity contribution in [3.63, 3.8) is 0 Å². The highest BCUT2D eigenvalue weighted by Crippen LogP contribution is 2.21. The Hall–Kier alpha value is -1.55. The van der Waals surface area contributed by atoms with Crippen LogP contribution in [0.3, 0.4) is 0 Å². The van der Waals surface area contributed by atoms with Gasteiger partial charge < -0.3 is 10.2 Å². The molecule has 0 aliphatic rings. The minimum absolute atomic E-state index is 0.184. The summed E-state index contributed by atoms with van der Waals surface area (Å²) >= 11 is 0. The second kappa shape index (κ2) is 7.14. The van der Waals surface area contributed by atoms with Gasteiger partial charge in [-0.15, -0.1) is 0 Å². The first-order valence-corrected chi connectivity index (χ1v) is 6.64. The van der Waals surface area contributed by atoms with Crippen molar-refractivity contribution in [1.29, 1.82) is 0 Å². The molecule has 0 heterocycles. The summed E-state index contributed by atoms with van der Waals surface area (Å²) in [6, 6.07) is 5.87. The van der Waals surface area contributed by atoms with Crippen molar-refractivity contribution in [2.45, 2.75) is 46.2 Å². The molecule has 0 saturated carbocycles. The zero-order valence-electron chi connectivity index (χ0n) is 11.9. The van der Waals surface area contributed by atoms with Crippen LogP contribution in [0.5, 0.6) is 5.75 Å². The standard InChI is InChI=1S/C15H23NO3/c1-11(2)16(8-4-5-15(18)19)10-13-9-12(3)6-7-14(13)17/h6-7,9,11,17H,4-5,8,10H2,1-3H3,(H,18,19). The lowest BCUT2D eigenvalue weighted by Crippen LogP contribution is -2.31. The lowest BCUT2D eigenvalue weighted by molar-refractivity contribution is -0.137. The Bertz CT molecular complexity index is 429. The van der Waals surface area contributed by atoms with E-state index in [2.05, 4.69) is 18.7 Å². The number of benzene rings is 1. The van der Waals surface area contributed by atoms with Crippen LogP contribution in [0.15, 0.2) is 18.2 Å². The fourth-order valence-corrected chi connectivity index (χ4v) is 2.01. The van der Waals surface area contributed by atoms with Crippen LogP contribution < -0.4 is 0 Å². The number of hydrogen-bond acceptors (Lipinski definition) is 3. The van der Waals surface area contributed by atoms with Gasteiger partial charge in [0.05, 0.1) is 0 Å². The van der Waals surface area contributed by atoms with E-state index in [4.69, 9.17) is 5.11 Å². The van der Waals surface area contributed by atoms with Crippen molar-refractivity contribution in [3.8, 4) is 5.75 Å². The number of aryl methyl sites for hydroxylation is 1. The van der Waals surface area contributed by atoms with E-state index in [1.807, 2.05) is 19.1 Å². The average molecular weight is 265 g/mol. The maximum atomic E-state index is 10.5. The molecule has 0 aromatic heterocycles. The summed E-state index contributed by atoms with van der Waals surface area (Å²) in [4.78, 5) is 12.7. The van der Waals surface area contributed by atoms with Crippen molar-refractivity contribution in [2.24, 2.45) is 0 Å². The molecule has 0 fully saturated rings. The van der Waals surface area contributed by atoms with Crippen LogP contribution in [-0.2, 0) is 11.3 Å². The summed E-state index contributed by atoms with van der Waals surface area (Å²) in [5, 5.41) is 18.5. The third-order valence-corrected chi connectivity index (χ3v) is 3.17. The van der Waals surface area contributed by atoms with Crippen LogP contribution in [-0.4, -0.2) is 33.7 Å². The lowest BCUT2D eigenvalue weighted by atomic mass is 10.1. The van der Waals surface area contributed by atoms with E-state index in [9.17, 15) is 9.90 Å².